The maximum absolute atomic E-state index is 14.1. The summed E-state index contributed by atoms with van der Waals surface area (Å²) in [4.78, 5) is 18.1. The van der Waals surface area contributed by atoms with Crippen molar-refractivity contribution in [1.82, 2.24) is 19.6 Å². The van der Waals surface area contributed by atoms with Crippen molar-refractivity contribution in [3.8, 4) is 0 Å². The summed E-state index contributed by atoms with van der Waals surface area (Å²) in [6.07, 6.45) is 3.54. The Balaban J connectivity index is 1.70. The average molecular weight is 419 g/mol. The summed E-state index contributed by atoms with van der Waals surface area (Å²) in [6, 6.07) is 21.6. The van der Waals surface area contributed by atoms with Crippen molar-refractivity contribution in [1.29, 1.82) is 0 Å². The molecule has 6 nitrogen and oxygen atoms in total. The molecule has 4 rings (SSSR count). The Morgan fingerprint density at radius 2 is 1.61 bits per heavy atom. The van der Waals surface area contributed by atoms with Crippen LogP contribution in [0.3, 0.4) is 0 Å². The van der Waals surface area contributed by atoms with Gasteiger partial charge < -0.3 is 14.9 Å². The van der Waals surface area contributed by atoms with Crippen LogP contribution in [0.25, 0.3) is 0 Å². The van der Waals surface area contributed by atoms with Crippen molar-refractivity contribution >= 4 is 5.91 Å². The molecule has 1 aliphatic rings. The number of aromatic nitrogens is 2. The topological polar surface area (TPSA) is 61.6 Å². The fourth-order valence-corrected chi connectivity index (χ4v) is 4.60. The Morgan fingerprint density at radius 1 is 1.00 bits per heavy atom. The van der Waals surface area contributed by atoms with Crippen LogP contribution in [0.4, 0.5) is 0 Å². The lowest BCUT2D eigenvalue weighted by atomic mass is 9.75. The van der Waals surface area contributed by atoms with Crippen molar-refractivity contribution in [2.24, 2.45) is 0 Å². The average Bonchev–Trinajstić information content (AvgIpc) is 3.23. The predicted octanol–water partition coefficient (Wildman–Crippen LogP) is 2.39. The highest BCUT2D eigenvalue weighted by Gasteiger charge is 2.44. The van der Waals surface area contributed by atoms with Crippen LogP contribution in [-0.4, -0.2) is 69.4 Å². The number of carbonyl (C=O) groups is 1. The van der Waals surface area contributed by atoms with Gasteiger partial charge >= 0.3 is 0 Å². The van der Waals surface area contributed by atoms with Crippen LogP contribution in [0, 0.1) is 0 Å². The summed E-state index contributed by atoms with van der Waals surface area (Å²) in [6.45, 7) is 4.32. The lowest BCUT2D eigenvalue weighted by Crippen LogP contribution is -2.54. The van der Waals surface area contributed by atoms with E-state index in [1.54, 1.807) is 10.9 Å². The second-order valence-corrected chi connectivity index (χ2v) is 8.75. The van der Waals surface area contributed by atoms with Gasteiger partial charge in [0.1, 0.15) is 5.60 Å². The predicted molar refractivity (Wildman–Crippen MR) is 121 cm³/mol. The third kappa shape index (κ3) is 4.40. The monoisotopic (exact) mass is 418 g/mol. The standard InChI is InChI=1S/C25H30N4O2/c1-24(21-10-5-3-6-11-21,22-12-7-4-8-13-22)23(30)28-17-16-27(2)18-25(31,19-28)20-29-15-9-14-26-29/h3-15,31H,16-20H2,1-2H3/t25-/m0/s1. The van der Waals surface area contributed by atoms with Crippen molar-refractivity contribution in [3.05, 3.63) is 90.3 Å². The highest BCUT2D eigenvalue weighted by atomic mass is 16.3. The Bertz CT molecular complexity index is 951. The van der Waals surface area contributed by atoms with Crippen LogP contribution in [0.15, 0.2) is 79.1 Å². The number of hydrogen-bond acceptors (Lipinski definition) is 4. The molecule has 1 aliphatic heterocycles. The summed E-state index contributed by atoms with van der Waals surface area (Å²) in [5, 5.41) is 15.8. The molecule has 0 spiro atoms. The van der Waals surface area contributed by atoms with Crippen LogP contribution in [0.5, 0.6) is 0 Å². The lowest BCUT2D eigenvalue weighted by Gasteiger charge is -2.38. The van der Waals surface area contributed by atoms with Gasteiger partial charge in [0.25, 0.3) is 0 Å². The van der Waals surface area contributed by atoms with Crippen molar-refractivity contribution < 1.29 is 9.90 Å². The van der Waals surface area contributed by atoms with E-state index in [0.29, 0.717) is 26.2 Å². The zero-order valence-corrected chi connectivity index (χ0v) is 18.2. The second-order valence-electron chi connectivity index (χ2n) is 8.75. The van der Waals surface area contributed by atoms with E-state index >= 15 is 0 Å². The van der Waals surface area contributed by atoms with Gasteiger partial charge in [-0.15, -0.1) is 0 Å². The molecule has 0 aliphatic carbocycles. The molecule has 0 saturated carbocycles. The molecule has 1 saturated heterocycles. The first kappa shape index (κ1) is 21.3. The summed E-state index contributed by atoms with van der Waals surface area (Å²) >= 11 is 0. The van der Waals surface area contributed by atoms with Crippen LogP contribution < -0.4 is 0 Å². The molecule has 0 unspecified atom stereocenters. The first-order valence-corrected chi connectivity index (χ1v) is 10.7. The molecule has 1 amide bonds. The van der Waals surface area contributed by atoms with Gasteiger partial charge in [0.05, 0.1) is 18.5 Å². The van der Waals surface area contributed by atoms with Gasteiger partial charge in [-0.05, 0) is 31.2 Å². The zero-order chi connectivity index (χ0) is 21.9. The third-order valence-electron chi connectivity index (χ3n) is 6.23. The largest absolute Gasteiger partial charge is 0.385 e. The number of rotatable bonds is 5. The number of aliphatic hydroxyl groups is 1. The molecule has 1 atom stereocenters. The summed E-state index contributed by atoms with van der Waals surface area (Å²) in [5.41, 5.74) is -0.0574. The fourth-order valence-electron chi connectivity index (χ4n) is 4.60. The molecule has 2 heterocycles. The normalized spacial score (nSPS) is 20.4. The first-order chi connectivity index (χ1) is 14.9. The van der Waals surface area contributed by atoms with Gasteiger partial charge in [-0.25, -0.2) is 0 Å². The summed E-state index contributed by atoms with van der Waals surface area (Å²) < 4.78 is 1.73. The van der Waals surface area contributed by atoms with E-state index in [4.69, 9.17) is 0 Å². The van der Waals surface area contributed by atoms with Gasteiger partial charge in [-0.1, -0.05) is 60.7 Å². The zero-order valence-electron chi connectivity index (χ0n) is 18.2. The molecule has 3 aromatic rings. The number of nitrogens with zero attached hydrogens (tertiary/aromatic N) is 4. The highest BCUT2D eigenvalue weighted by Crippen LogP contribution is 2.35. The van der Waals surface area contributed by atoms with Gasteiger partial charge in [-0.2, -0.15) is 5.10 Å². The lowest BCUT2D eigenvalue weighted by molar-refractivity contribution is -0.138. The molecule has 6 heteroatoms. The molecule has 1 N–H and O–H groups in total. The molecular formula is C25H30N4O2. The van der Waals surface area contributed by atoms with Crippen LogP contribution in [0.2, 0.25) is 0 Å². The molecule has 31 heavy (non-hydrogen) atoms. The number of β-amino-alcohol motifs (C(OH)–C–C–N with tert-alkyl or cyclic N) is 1. The molecular weight excluding hydrogens is 388 g/mol. The maximum Gasteiger partial charge on any atom is 0.237 e. The number of carbonyl (C=O) groups excluding carboxylic acids is 1. The van der Waals surface area contributed by atoms with E-state index < -0.39 is 11.0 Å². The van der Waals surface area contributed by atoms with Crippen molar-refractivity contribution in [2.45, 2.75) is 24.5 Å². The van der Waals surface area contributed by atoms with Crippen molar-refractivity contribution in [2.75, 3.05) is 33.2 Å². The number of likely N-dealkylation sites (N-methyl/N-ethyl adjacent to an activating group) is 1. The van der Waals surface area contributed by atoms with E-state index in [-0.39, 0.29) is 12.5 Å². The van der Waals surface area contributed by atoms with E-state index in [1.807, 2.05) is 91.8 Å². The van der Waals surface area contributed by atoms with Gasteiger partial charge in [0.15, 0.2) is 0 Å². The van der Waals surface area contributed by atoms with E-state index in [0.717, 1.165) is 11.1 Å². The Kier molecular flexibility index (Phi) is 5.94. The van der Waals surface area contributed by atoms with E-state index in [1.165, 1.54) is 0 Å². The minimum Gasteiger partial charge on any atom is -0.385 e. The van der Waals surface area contributed by atoms with Crippen LogP contribution in [0.1, 0.15) is 18.1 Å². The quantitative estimate of drug-likeness (QED) is 0.691. The van der Waals surface area contributed by atoms with Crippen LogP contribution >= 0.6 is 0 Å². The molecule has 2 aromatic carbocycles. The Hall–Kier alpha value is -2.96. The van der Waals surface area contributed by atoms with Gasteiger partial charge in [0.2, 0.25) is 5.91 Å². The minimum atomic E-state index is -1.10. The number of hydrogen-bond donors (Lipinski definition) is 1. The molecule has 0 radical (unpaired) electrons. The molecule has 162 valence electrons. The highest BCUT2D eigenvalue weighted by molar-refractivity contribution is 5.91. The van der Waals surface area contributed by atoms with Crippen LogP contribution in [-0.2, 0) is 16.8 Å². The van der Waals surface area contributed by atoms with E-state index in [2.05, 4.69) is 10.00 Å². The second kappa shape index (κ2) is 8.65. The molecule has 0 bridgehead atoms. The number of amides is 1. The minimum absolute atomic E-state index is 0.000842. The third-order valence-corrected chi connectivity index (χ3v) is 6.23. The SMILES string of the molecule is CN1CCN(C(=O)C(C)(c2ccccc2)c2ccccc2)C[C@](O)(Cn2cccn2)C1. The van der Waals surface area contributed by atoms with Gasteiger partial charge in [0, 0.05) is 32.0 Å². The molecule has 1 fully saturated rings. The maximum atomic E-state index is 14.1. The number of benzene rings is 2. The van der Waals surface area contributed by atoms with Crippen molar-refractivity contribution in [3.63, 3.8) is 0 Å². The summed E-state index contributed by atoms with van der Waals surface area (Å²) in [7, 11) is 1.98. The fraction of sp³-hybridized carbons (Fsp3) is 0.360. The smallest absolute Gasteiger partial charge is 0.237 e. The van der Waals surface area contributed by atoms with Gasteiger partial charge in [-0.3, -0.25) is 9.48 Å². The van der Waals surface area contributed by atoms with E-state index in [9.17, 15) is 9.90 Å². The first-order valence-electron chi connectivity index (χ1n) is 10.7. The summed E-state index contributed by atoms with van der Waals surface area (Å²) in [5.74, 6) is -0.000842. The Labute approximate surface area is 183 Å². The Morgan fingerprint density at radius 3 is 2.16 bits per heavy atom. The molecule has 1 aromatic heterocycles.